The van der Waals surface area contributed by atoms with E-state index in [1.54, 1.807) is 43.4 Å². The highest BCUT2D eigenvalue weighted by atomic mass is 32.2. The lowest BCUT2D eigenvalue weighted by molar-refractivity contribution is 0.0809. The Hall–Kier alpha value is -2.76. The van der Waals surface area contributed by atoms with Gasteiger partial charge in [0.05, 0.1) is 13.2 Å². The maximum absolute atomic E-state index is 13.6. The first kappa shape index (κ1) is 26.3. The van der Waals surface area contributed by atoms with E-state index in [4.69, 9.17) is 4.74 Å². The van der Waals surface area contributed by atoms with Crippen LogP contribution in [0.4, 0.5) is 4.79 Å². The zero-order valence-electron chi connectivity index (χ0n) is 21.0. The number of carbonyl (C=O) groups excluding carboxylic acids is 1. The molecule has 1 aliphatic heterocycles. The fourth-order valence-corrected chi connectivity index (χ4v) is 6.60. The monoisotopic (exact) mass is 517 g/mol. The van der Waals surface area contributed by atoms with Crippen LogP contribution in [0.3, 0.4) is 0 Å². The van der Waals surface area contributed by atoms with Gasteiger partial charge in [-0.15, -0.1) is 0 Å². The van der Waals surface area contributed by atoms with Crippen LogP contribution in [0, 0.1) is 5.92 Å². The maximum atomic E-state index is 13.6. The summed E-state index contributed by atoms with van der Waals surface area (Å²) in [5.74, 6) is -0.0555. The van der Waals surface area contributed by atoms with Crippen molar-refractivity contribution >= 4 is 16.1 Å². The predicted octanol–water partition coefficient (Wildman–Crippen LogP) is 2.50. The van der Waals surface area contributed by atoms with Crippen LogP contribution in [-0.4, -0.2) is 83.7 Å². The number of amides is 2. The molecular formula is C25H35N5O5S. The molecule has 11 heteroatoms. The quantitative estimate of drug-likeness (QED) is 0.603. The molecule has 2 aliphatic rings. The highest BCUT2D eigenvalue weighted by molar-refractivity contribution is 7.89. The molecular weight excluding hydrogens is 482 g/mol. The van der Waals surface area contributed by atoms with Crippen molar-refractivity contribution in [3.63, 3.8) is 0 Å². The fourth-order valence-electron chi connectivity index (χ4n) is 4.78. The van der Waals surface area contributed by atoms with Gasteiger partial charge in [-0.2, -0.15) is 4.31 Å². The number of aliphatic hydroxyl groups is 1. The second-order valence-electron chi connectivity index (χ2n) is 9.84. The summed E-state index contributed by atoms with van der Waals surface area (Å²) in [6.07, 6.45) is 8.46. The minimum atomic E-state index is -3.95. The van der Waals surface area contributed by atoms with E-state index in [0.29, 0.717) is 5.56 Å². The molecule has 0 bridgehead atoms. The van der Waals surface area contributed by atoms with Crippen LogP contribution in [-0.2, 0) is 10.0 Å². The molecule has 2 N–H and O–H groups in total. The number of nitrogens with zero attached hydrogens (tertiary/aromatic N) is 4. The van der Waals surface area contributed by atoms with Crippen molar-refractivity contribution in [3.8, 4) is 16.9 Å². The van der Waals surface area contributed by atoms with Crippen molar-refractivity contribution in [3.05, 3.63) is 36.9 Å². The number of rotatable bonds is 6. The van der Waals surface area contributed by atoms with Gasteiger partial charge in [-0.3, -0.25) is 0 Å². The summed E-state index contributed by atoms with van der Waals surface area (Å²) in [5.41, 5.74) is 1.44. The highest BCUT2D eigenvalue weighted by Gasteiger charge is 2.38. The van der Waals surface area contributed by atoms with Crippen LogP contribution >= 0.6 is 0 Å². The van der Waals surface area contributed by atoms with Crippen LogP contribution in [0.1, 0.15) is 39.5 Å². The lowest BCUT2D eigenvalue weighted by atomic mass is 10.0. The van der Waals surface area contributed by atoms with Gasteiger partial charge in [0.1, 0.15) is 23.1 Å². The van der Waals surface area contributed by atoms with Gasteiger partial charge < -0.3 is 20.1 Å². The predicted molar refractivity (Wildman–Crippen MR) is 135 cm³/mol. The van der Waals surface area contributed by atoms with E-state index < -0.39 is 22.2 Å². The number of urea groups is 1. The summed E-state index contributed by atoms with van der Waals surface area (Å²) in [6.45, 7) is 3.70. The number of fused-ring (bicyclic) bond motifs is 1. The van der Waals surface area contributed by atoms with Crippen molar-refractivity contribution in [1.29, 1.82) is 0 Å². The number of aromatic nitrogens is 2. The summed E-state index contributed by atoms with van der Waals surface area (Å²) in [6, 6.07) is 4.31. The number of nitrogens with one attached hydrogen (secondary N) is 1. The van der Waals surface area contributed by atoms with Crippen molar-refractivity contribution < 1.29 is 23.1 Å². The number of benzene rings is 1. The Morgan fingerprint density at radius 3 is 2.61 bits per heavy atom. The topological polar surface area (TPSA) is 125 Å². The molecule has 1 aliphatic carbocycles. The van der Waals surface area contributed by atoms with Crippen molar-refractivity contribution in [1.82, 2.24) is 24.5 Å². The lowest BCUT2D eigenvalue weighted by Gasteiger charge is -2.37. The second-order valence-corrected chi connectivity index (χ2v) is 11.7. The molecule has 2 amide bonds. The maximum Gasteiger partial charge on any atom is 0.317 e. The molecule has 2 aromatic rings. The van der Waals surface area contributed by atoms with E-state index in [1.165, 1.54) is 16.7 Å². The van der Waals surface area contributed by atoms with E-state index >= 15 is 0 Å². The van der Waals surface area contributed by atoms with Gasteiger partial charge >= 0.3 is 6.03 Å². The first-order valence-corrected chi connectivity index (χ1v) is 13.8. The van der Waals surface area contributed by atoms with Crippen LogP contribution < -0.4 is 10.1 Å². The second kappa shape index (κ2) is 11.1. The number of aliphatic hydroxyl groups excluding tert-OH is 1. The van der Waals surface area contributed by atoms with Gasteiger partial charge in [0.2, 0.25) is 10.0 Å². The third-order valence-electron chi connectivity index (χ3n) is 7.04. The Bertz CT molecular complexity index is 1160. The molecule has 4 rings (SSSR count). The summed E-state index contributed by atoms with van der Waals surface area (Å²) in [4.78, 5) is 22.6. The Morgan fingerprint density at radius 1 is 1.25 bits per heavy atom. The van der Waals surface area contributed by atoms with E-state index in [9.17, 15) is 18.3 Å². The number of sulfonamides is 1. The zero-order chi connectivity index (χ0) is 25.9. The fraction of sp³-hybridized carbons (Fsp3) is 0.560. The minimum absolute atomic E-state index is 0.0263. The lowest BCUT2D eigenvalue weighted by Crippen LogP contribution is -2.51. The zero-order valence-corrected chi connectivity index (χ0v) is 21.8. The van der Waals surface area contributed by atoms with Crippen molar-refractivity contribution in [2.24, 2.45) is 5.92 Å². The van der Waals surface area contributed by atoms with E-state index in [2.05, 4.69) is 15.3 Å². The highest BCUT2D eigenvalue weighted by Crippen LogP contribution is 2.36. The van der Waals surface area contributed by atoms with Crippen molar-refractivity contribution in [2.75, 3.05) is 26.7 Å². The molecule has 0 spiro atoms. The molecule has 3 atom stereocenters. The number of hydrogen-bond acceptors (Lipinski definition) is 7. The Labute approximate surface area is 212 Å². The van der Waals surface area contributed by atoms with Gasteiger partial charge in [0.15, 0.2) is 0 Å². The molecule has 0 radical (unpaired) electrons. The SMILES string of the molecule is C[C@@H]1CN([C@@H](C)CO)S(=O)(=O)c2ccc(-c3cncnc3)cc2O[C@@H]1CN(C)C(=O)NC1CCCC1. The molecule has 0 saturated heterocycles. The van der Waals surface area contributed by atoms with Crippen LogP contribution in [0.15, 0.2) is 41.8 Å². The Kier molecular flexibility index (Phi) is 8.11. The molecule has 1 aromatic carbocycles. The van der Waals surface area contributed by atoms with Gasteiger partial charge in [-0.05, 0) is 37.5 Å². The van der Waals surface area contributed by atoms with Crippen LogP contribution in [0.5, 0.6) is 5.75 Å². The summed E-state index contributed by atoms with van der Waals surface area (Å²) >= 11 is 0. The summed E-state index contributed by atoms with van der Waals surface area (Å²) in [5, 5.41) is 12.9. The number of likely N-dealkylation sites (N-methyl/N-ethyl adjacent to an activating group) is 1. The molecule has 2 heterocycles. The molecule has 1 saturated carbocycles. The average Bonchev–Trinajstić information content (AvgIpc) is 3.39. The Balaban J connectivity index is 1.68. The molecule has 1 fully saturated rings. The third kappa shape index (κ3) is 5.63. The summed E-state index contributed by atoms with van der Waals surface area (Å²) < 4.78 is 35.0. The van der Waals surface area contributed by atoms with Gasteiger partial charge in [0.25, 0.3) is 0 Å². The van der Waals surface area contributed by atoms with Crippen molar-refractivity contribution in [2.45, 2.75) is 62.6 Å². The van der Waals surface area contributed by atoms with Gasteiger partial charge in [0, 0.05) is 49.6 Å². The number of ether oxygens (including phenoxy) is 1. The molecule has 1 aromatic heterocycles. The molecule has 10 nitrogen and oxygen atoms in total. The molecule has 36 heavy (non-hydrogen) atoms. The minimum Gasteiger partial charge on any atom is -0.487 e. The van der Waals surface area contributed by atoms with Gasteiger partial charge in [-0.25, -0.2) is 23.2 Å². The normalized spacial score (nSPS) is 23.1. The largest absolute Gasteiger partial charge is 0.487 e. The third-order valence-corrected chi connectivity index (χ3v) is 9.06. The Morgan fingerprint density at radius 2 is 1.94 bits per heavy atom. The number of hydrogen-bond donors (Lipinski definition) is 2. The summed E-state index contributed by atoms with van der Waals surface area (Å²) in [7, 11) is -2.22. The van der Waals surface area contributed by atoms with Gasteiger partial charge in [-0.1, -0.05) is 25.8 Å². The first-order chi connectivity index (χ1) is 17.2. The van der Waals surface area contributed by atoms with E-state index in [-0.39, 0.29) is 48.3 Å². The standard InChI is InChI=1S/C25H35N5O5S/c1-17-13-30(18(2)15-31)36(33,34)24-9-8-19(20-11-26-16-27-12-20)10-22(24)35-23(17)14-29(3)25(32)28-21-6-4-5-7-21/h8-12,16-18,21,23,31H,4-7,13-15H2,1-3H3,(H,28,32)/t17-,18+,23-/m1/s1. The van der Waals surface area contributed by atoms with E-state index in [0.717, 1.165) is 31.2 Å². The van der Waals surface area contributed by atoms with Crippen LogP contribution in [0.2, 0.25) is 0 Å². The van der Waals surface area contributed by atoms with Crippen LogP contribution in [0.25, 0.3) is 11.1 Å². The first-order valence-electron chi connectivity index (χ1n) is 12.4. The van der Waals surface area contributed by atoms with E-state index in [1.807, 2.05) is 6.92 Å². The molecule has 196 valence electrons. The average molecular weight is 518 g/mol. The molecule has 0 unspecified atom stereocenters. The smallest absolute Gasteiger partial charge is 0.317 e. The number of carbonyl (C=O) groups is 1.